The van der Waals surface area contributed by atoms with E-state index in [0.29, 0.717) is 0 Å². The number of ether oxygens (including phenoxy) is 1. The van der Waals surface area contributed by atoms with Gasteiger partial charge in [-0.2, -0.15) is 0 Å². The summed E-state index contributed by atoms with van der Waals surface area (Å²) in [7, 11) is 1.67. The molecule has 0 spiro atoms. The Hall–Kier alpha value is -0.730. The van der Waals surface area contributed by atoms with Crippen LogP contribution >= 0.6 is 11.6 Å². The van der Waals surface area contributed by atoms with Gasteiger partial charge in [-0.1, -0.05) is 32.4 Å². The van der Waals surface area contributed by atoms with Crippen molar-refractivity contribution in [2.75, 3.05) is 7.11 Å². The van der Waals surface area contributed by atoms with Crippen LogP contribution in [-0.4, -0.2) is 13.2 Å². The summed E-state index contributed by atoms with van der Waals surface area (Å²) in [6.07, 6.45) is 1.83. The third-order valence-corrected chi connectivity index (χ3v) is 3.83. The average Bonchev–Trinajstić information content (AvgIpc) is 2.29. The summed E-state index contributed by atoms with van der Waals surface area (Å²) in [6.45, 7) is 6.54. The van der Waals surface area contributed by atoms with E-state index in [-0.39, 0.29) is 11.5 Å². The minimum atomic E-state index is 0.0971. The molecular weight excluding hydrogens is 234 g/mol. The molecule has 0 amide bonds. The molecule has 1 rings (SSSR count). The van der Waals surface area contributed by atoms with Crippen molar-refractivity contribution in [2.45, 2.75) is 39.7 Å². The molecule has 0 aliphatic heterocycles. The molecular formula is C14H22ClNO. The third kappa shape index (κ3) is 3.62. The number of hydrogen-bond donors (Lipinski definition) is 1. The van der Waals surface area contributed by atoms with Gasteiger partial charge in [0.2, 0.25) is 0 Å². The first-order chi connectivity index (χ1) is 7.90. The zero-order valence-corrected chi connectivity index (χ0v) is 11.8. The maximum absolute atomic E-state index is 6.27. The lowest BCUT2D eigenvalue weighted by Crippen LogP contribution is -2.38. The second-order valence-electron chi connectivity index (χ2n) is 5.11. The minimum Gasteiger partial charge on any atom is -0.496 e. The summed E-state index contributed by atoms with van der Waals surface area (Å²) >= 11 is 6.01. The molecule has 0 aliphatic carbocycles. The monoisotopic (exact) mass is 255 g/mol. The highest BCUT2D eigenvalue weighted by molar-refractivity contribution is 6.30. The van der Waals surface area contributed by atoms with Crippen molar-refractivity contribution in [1.82, 2.24) is 0 Å². The smallest absolute Gasteiger partial charge is 0.122 e. The molecule has 1 atom stereocenters. The predicted octanol–water partition coefficient (Wildman–Crippen LogP) is 3.65. The van der Waals surface area contributed by atoms with Gasteiger partial charge in [0.05, 0.1) is 7.11 Å². The number of methoxy groups -OCH3 is 1. The number of benzene rings is 1. The van der Waals surface area contributed by atoms with Crippen LogP contribution in [0.15, 0.2) is 18.2 Å². The van der Waals surface area contributed by atoms with Gasteiger partial charge in [0.1, 0.15) is 5.75 Å². The third-order valence-electron chi connectivity index (χ3n) is 3.60. The van der Waals surface area contributed by atoms with Gasteiger partial charge in [0, 0.05) is 11.1 Å². The van der Waals surface area contributed by atoms with E-state index in [1.54, 1.807) is 7.11 Å². The Kier molecular flexibility index (Phi) is 4.84. The standard InChI is InChI=1S/C14H22ClNO/c1-5-14(2,3)13(16)9-10-8-11(15)6-7-12(10)17-4/h6-8,13H,5,9,16H2,1-4H3. The molecule has 3 heteroatoms. The molecule has 1 aromatic carbocycles. The van der Waals surface area contributed by atoms with Crippen LogP contribution in [0, 0.1) is 5.41 Å². The molecule has 0 aromatic heterocycles. The predicted molar refractivity (Wildman–Crippen MR) is 73.8 cm³/mol. The highest BCUT2D eigenvalue weighted by Crippen LogP contribution is 2.30. The summed E-state index contributed by atoms with van der Waals surface area (Å²) < 4.78 is 5.33. The van der Waals surface area contributed by atoms with Crippen LogP contribution < -0.4 is 10.5 Å². The first-order valence-electron chi connectivity index (χ1n) is 5.98. The summed E-state index contributed by atoms with van der Waals surface area (Å²) in [5.41, 5.74) is 7.47. The maximum Gasteiger partial charge on any atom is 0.122 e. The van der Waals surface area contributed by atoms with Gasteiger partial charge in [-0.15, -0.1) is 0 Å². The second kappa shape index (κ2) is 5.74. The Morgan fingerprint density at radius 2 is 2.06 bits per heavy atom. The van der Waals surface area contributed by atoms with Gasteiger partial charge in [-0.25, -0.2) is 0 Å². The quantitative estimate of drug-likeness (QED) is 0.872. The van der Waals surface area contributed by atoms with Crippen LogP contribution in [0.4, 0.5) is 0 Å². The lowest BCUT2D eigenvalue weighted by atomic mass is 9.79. The van der Waals surface area contributed by atoms with Crippen molar-refractivity contribution >= 4 is 11.6 Å². The molecule has 2 nitrogen and oxygen atoms in total. The Labute approximate surface area is 109 Å². The highest BCUT2D eigenvalue weighted by atomic mass is 35.5. The number of hydrogen-bond acceptors (Lipinski definition) is 2. The van der Waals surface area contributed by atoms with Crippen molar-refractivity contribution in [3.63, 3.8) is 0 Å². The summed E-state index contributed by atoms with van der Waals surface area (Å²) in [4.78, 5) is 0. The van der Waals surface area contributed by atoms with E-state index in [2.05, 4.69) is 20.8 Å². The van der Waals surface area contributed by atoms with Gasteiger partial charge in [0.25, 0.3) is 0 Å². The zero-order valence-electron chi connectivity index (χ0n) is 11.1. The summed E-state index contributed by atoms with van der Waals surface area (Å²) in [5.74, 6) is 0.858. The lowest BCUT2D eigenvalue weighted by molar-refractivity contribution is 0.270. The van der Waals surface area contributed by atoms with Crippen molar-refractivity contribution in [1.29, 1.82) is 0 Å². The molecule has 0 heterocycles. The SMILES string of the molecule is CCC(C)(C)C(N)Cc1cc(Cl)ccc1OC. The van der Waals surface area contributed by atoms with Crippen molar-refractivity contribution in [3.8, 4) is 5.75 Å². The van der Waals surface area contributed by atoms with E-state index in [0.717, 1.165) is 29.2 Å². The van der Waals surface area contributed by atoms with Crippen LogP contribution in [0.3, 0.4) is 0 Å². The number of halogens is 1. The van der Waals surface area contributed by atoms with Gasteiger partial charge in [-0.3, -0.25) is 0 Å². The van der Waals surface area contributed by atoms with E-state index in [1.807, 2.05) is 18.2 Å². The number of rotatable bonds is 5. The van der Waals surface area contributed by atoms with Crippen LogP contribution in [0.2, 0.25) is 5.02 Å². The normalized spacial score (nSPS) is 13.5. The van der Waals surface area contributed by atoms with E-state index in [9.17, 15) is 0 Å². The van der Waals surface area contributed by atoms with Gasteiger partial charge >= 0.3 is 0 Å². The Morgan fingerprint density at radius 3 is 2.59 bits per heavy atom. The Morgan fingerprint density at radius 1 is 1.41 bits per heavy atom. The first kappa shape index (κ1) is 14.3. The molecule has 0 fully saturated rings. The molecule has 0 saturated heterocycles. The summed E-state index contributed by atoms with van der Waals surface area (Å²) in [5, 5.41) is 0.724. The lowest BCUT2D eigenvalue weighted by Gasteiger charge is -2.30. The first-order valence-corrected chi connectivity index (χ1v) is 6.36. The van der Waals surface area contributed by atoms with Gasteiger partial charge in [-0.05, 0) is 42.0 Å². The van der Waals surface area contributed by atoms with E-state index >= 15 is 0 Å². The van der Waals surface area contributed by atoms with Crippen molar-refractivity contribution in [2.24, 2.45) is 11.1 Å². The second-order valence-corrected chi connectivity index (χ2v) is 5.55. The van der Waals surface area contributed by atoms with Crippen LogP contribution in [-0.2, 0) is 6.42 Å². The molecule has 0 bridgehead atoms. The minimum absolute atomic E-state index is 0.0971. The van der Waals surface area contributed by atoms with Gasteiger partial charge in [0.15, 0.2) is 0 Å². The van der Waals surface area contributed by atoms with E-state index in [1.165, 1.54) is 0 Å². The Bertz CT molecular complexity index is 376. The molecule has 1 aromatic rings. The highest BCUT2D eigenvalue weighted by Gasteiger charge is 2.25. The topological polar surface area (TPSA) is 35.2 Å². The van der Waals surface area contributed by atoms with Crippen LogP contribution in [0.1, 0.15) is 32.8 Å². The van der Waals surface area contributed by atoms with Crippen molar-refractivity contribution < 1.29 is 4.74 Å². The zero-order chi connectivity index (χ0) is 13.1. The fourth-order valence-corrected chi connectivity index (χ4v) is 1.88. The molecule has 17 heavy (non-hydrogen) atoms. The molecule has 96 valence electrons. The fourth-order valence-electron chi connectivity index (χ4n) is 1.68. The molecule has 1 unspecified atom stereocenters. The largest absolute Gasteiger partial charge is 0.496 e. The van der Waals surface area contributed by atoms with Gasteiger partial charge < -0.3 is 10.5 Å². The molecule has 0 saturated carbocycles. The summed E-state index contributed by atoms with van der Waals surface area (Å²) in [6, 6.07) is 5.76. The van der Waals surface area contributed by atoms with Crippen molar-refractivity contribution in [3.05, 3.63) is 28.8 Å². The van der Waals surface area contributed by atoms with Crippen LogP contribution in [0.25, 0.3) is 0 Å². The fraction of sp³-hybridized carbons (Fsp3) is 0.571. The van der Waals surface area contributed by atoms with Crippen LogP contribution in [0.5, 0.6) is 5.75 Å². The Balaban J connectivity index is 2.91. The van der Waals surface area contributed by atoms with E-state index < -0.39 is 0 Å². The van der Waals surface area contributed by atoms with E-state index in [4.69, 9.17) is 22.1 Å². The molecule has 2 N–H and O–H groups in total. The number of nitrogens with two attached hydrogens (primary N) is 1. The maximum atomic E-state index is 6.27. The molecule has 0 radical (unpaired) electrons. The average molecular weight is 256 g/mol. The molecule has 0 aliphatic rings.